The Balaban J connectivity index is 1.42. The molecule has 0 bridgehead atoms. The van der Waals surface area contributed by atoms with E-state index >= 15 is 0 Å². The first-order valence-electron chi connectivity index (χ1n) is 9.95. The fraction of sp³-hybridized carbons (Fsp3) is 0.160. The predicted molar refractivity (Wildman–Crippen MR) is 115 cm³/mol. The van der Waals surface area contributed by atoms with Crippen LogP contribution in [0.2, 0.25) is 0 Å². The van der Waals surface area contributed by atoms with Gasteiger partial charge in [0, 0.05) is 17.9 Å². The van der Waals surface area contributed by atoms with Crippen molar-refractivity contribution in [3.8, 4) is 11.1 Å². The Morgan fingerprint density at radius 2 is 1.52 bits per heavy atom. The van der Waals surface area contributed by atoms with Crippen LogP contribution in [0.4, 0.5) is 4.79 Å². The van der Waals surface area contributed by atoms with Crippen LogP contribution in [0.3, 0.4) is 0 Å². The minimum absolute atomic E-state index is 0.0820. The van der Waals surface area contributed by atoms with Gasteiger partial charge in [-0.1, -0.05) is 72.8 Å². The van der Waals surface area contributed by atoms with Crippen molar-refractivity contribution in [3.05, 3.63) is 95.1 Å². The molecule has 0 fully saturated rings. The molecule has 3 aromatic rings. The van der Waals surface area contributed by atoms with Crippen LogP contribution >= 0.6 is 0 Å². The summed E-state index contributed by atoms with van der Waals surface area (Å²) < 4.78 is 5.43. The van der Waals surface area contributed by atoms with Gasteiger partial charge in [-0.25, -0.2) is 9.59 Å². The minimum atomic E-state index is -1.16. The van der Waals surface area contributed by atoms with Gasteiger partial charge in [0.2, 0.25) is 0 Å². The normalized spacial score (nSPS) is 13.0. The van der Waals surface area contributed by atoms with Crippen molar-refractivity contribution in [1.29, 1.82) is 0 Å². The highest BCUT2D eigenvalue weighted by Gasteiger charge is 2.29. The smallest absolute Gasteiger partial charge is 0.407 e. The van der Waals surface area contributed by atoms with Gasteiger partial charge >= 0.3 is 12.1 Å². The van der Waals surface area contributed by atoms with Crippen molar-refractivity contribution in [2.24, 2.45) is 0 Å². The Kier molecular flexibility index (Phi) is 5.80. The maximum absolute atomic E-state index is 12.4. The van der Waals surface area contributed by atoms with Gasteiger partial charge < -0.3 is 15.2 Å². The van der Waals surface area contributed by atoms with E-state index in [1.54, 1.807) is 24.3 Å². The van der Waals surface area contributed by atoms with E-state index in [0.717, 1.165) is 22.3 Å². The van der Waals surface area contributed by atoms with Gasteiger partial charge in [-0.05, 0) is 27.8 Å². The summed E-state index contributed by atoms with van der Waals surface area (Å²) in [6.07, 6.45) is 0.0188. The highest BCUT2D eigenvalue weighted by Crippen LogP contribution is 2.44. The highest BCUT2D eigenvalue weighted by atomic mass is 16.5. The van der Waals surface area contributed by atoms with Crippen LogP contribution in [0.5, 0.6) is 0 Å². The van der Waals surface area contributed by atoms with Gasteiger partial charge in [0.25, 0.3) is 0 Å². The molecule has 0 saturated carbocycles. The molecule has 31 heavy (non-hydrogen) atoms. The van der Waals surface area contributed by atoms with Crippen molar-refractivity contribution < 1.29 is 24.2 Å². The van der Waals surface area contributed by atoms with E-state index in [0.29, 0.717) is 17.4 Å². The lowest BCUT2D eigenvalue weighted by atomic mass is 9.98. The summed E-state index contributed by atoms with van der Waals surface area (Å²) >= 11 is 0. The summed E-state index contributed by atoms with van der Waals surface area (Å²) in [6.45, 7) is 0.111. The quantitative estimate of drug-likeness (QED) is 0.569. The van der Waals surface area contributed by atoms with E-state index in [9.17, 15) is 19.5 Å². The zero-order chi connectivity index (χ0) is 21.8. The molecular weight excluding hydrogens is 394 g/mol. The number of nitrogens with one attached hydrogen (secondary N) is 1. The zero-order valence-electron chi connectivity index (χ0n) is 16.7. The molecule has 2 N–H and O–H groups in total. The molecule has 0 aliphatic heterocycles. The first-order valence-corrected chi connectivity index (χ1v) is 9.95. The Bertz CT molecular complexity index is 1080. The van der Waals surface area contributed by atoms with Crippen LogP contribution in [-0.2, 0) is 16.0 Å². The number of benzene rings is 3. The summed E-state index contributed by atoms with van der Waals surface area (Å²) in [7, 11) is 0. The molecule has 6 heteroatoms. The Morgan fingerprint density at radius 1 is 0.935 bits per heavy atom. The van der Waals surface area contributed by atoms with Crippen LogP contribution in [0.25, 0.3) is 11.1 Å². The van der Waals surface area contributed by atoms with Crippen molar-refractivity contribution >= 4 is 18.3 Å². The van der Waals surface area contributed by atoms with Crippen molar-refractivity contribution in [3.63, 3.8) is 0 Å². The molecular formula is C25H21NO5. The third kappa shape index (κ3) is 4.33. The van der Waals surface area contributed by atoms with Gasteiger partial charge in [-0.2, -0.15) is 0 Å². The molecule has 4 rings (SSSR count). The molecule has 1 amide bonds. The summed E-state index contributed by atoms with van der Waals surface area (Å²) in [5.41, 5.74) is 5.60. The second kappa shape index (κ2) is 8.83. The molecule has 0 radical (unpaired) electrons. The van der Waals surface area contributed by atoms with Gasteiger partial charge in [-0.3, -0.25) is 4.79 Å². The largest absolute Gasteiger partial charge is 0.480 e. The number of hydrogen-bond donors (Lipinski definition) is 2. The molecule has 0 saturated heterocycles. The lowest BCUT2D eigenvalue weighted by Crippen LogP contribution is -2.42. The number of carboxylic acid groups (broad SMARTS) is 1. The maximum Gasteiger partial charge on any atom is 0.407 e. The Hall–Kier alpha value is -3.93. The van der Waals surface area contributed by atoms with Crippen LogP contribution < -0.4 is 5.32 Å². The number of ether oxygens (including phenoxy) is 1. The number of fused-ring (bicyclic) bond motifs is 3. The molecule has 0 spiro atoms. The van der Waals surface area contributed by atoms with Crippen LogP contribution in [-0.4, -0.2) is 36.1 Å². The number of aliphatic carboxylic acids is 1. The molecule has 1 aliphatic rings. The van der Waals surface area contributed by atoms with E-state index in [4.69, 9.17) is 4.74 Å². The first kappa shape index (κ1) is 20.3. The van der Waals surface area contributed by atoms with E-state index in [-0.39, 0.29) is 18.9 Å². The monoisotopic (exact) mass is 415 g/mol. The van der Waals surface area contributed by atoms with E-state index in [2.05, 4.69) is 5.32 Å². The number of carboxylic acids is 1. The number of alkyl carbamates (subject to hydrolysis) is 1. The van der Waals surface area contributed by atoms with Crippen LogP contribution in [0.15, 0.2) is 72.8 Å². The minimum Gasteiger partial charge on any atom is -0.480 e. The van der Waals surface area contributed by atoms with Gasteiger partial charge in [0.1, 0.15) is 18.9 Å². The fourth-order valence-corrected chi connectivity index (χ4v) is 3.95. The van der Waals surface area contributed by atoms with Crippen molar-refractivity contribution in [1.82, 2.24) is 5.32 Å². The van der Waals surface area contributed by atoms with Gasteiger partial charge in [0.05, 0.1) is 0 Å². The molecule has 0 aromatic heterocycles. The first-order chi connectivity index (χ1) is 15.1. The fourth-order valence-electron chi connectivity index (χ4n) is 3.95. The second-order valence-electron chi connectivity index (χ2n) is 7.42. The number of aldehydes is 1. The third-order valence-electron chi connectivity index (χ3n) is 5.49. The lowest BCUT2D eigenvalue weighted by Gasteiger charge is -2.17. The summed E-state index contributed by atoms with van der Waals surface area (Å²) in [6, 6.07) is 21.4. The number of rotatable bonds is 7. The average molecular weight is 415 g/mol. The van der Waals surface area contributed by atoms with Crippen molar-refractivity contribution in [2.75, 3.05) is 6.61 Å². The Labute approximate surface area is 179 Å². The van der Waals surface area contributed by atoms with Crippen molar-refractivity contribution in [2.45, 2.75) is 18.4 Å². The number of carbonyl (C=O) groups excluding carboxylic acids is 2. The summed E-state index contributed by atoms with van der Waals surface area (Å²) in [5.74, 6) is -1.26. The average Bonchev–Trinajstić information content (AvgIpc) is 3.11. The molecule has 0 unspecified atom stereocenters. The Morgan fingerprint density at radius 3 is 2.06 bits per heavy atom. The lowest BCUT2D eigenvalue weighted by molar-refractivity contribution is -0.139. The summed E-state index contributed by atoms with van der Waals surface area (Å²) in [4.78, 5) is 34.8. The number of hydrogen-bond acceptors (Lipinski definition) is 4. The predicted octanol–water partition coefficient (Wildman–Crippen LogP) is 4.03. The third-order valence-corrected chi connectivity index (χ3v) is 5.49. The van der Waals surface area contributed by atoms with Crippen LogP contribution in [0, 0.1) is 0 Å². The molecule has 3 aromatic carbocycles. The highest BCUT2D eigenvalue weighted by molar-refractivity contribution is 5.81. The standard InChI is InChI=1S/C25H21NO5/c27-14-17-11-9-16(10-12-17)13-23(24(28)29)26-25(30)31-15-22-20-7-3-1-5-18(20)19-6-2-4-8-21(19)22/h1-12,14,22-23H,13,15H2,(H,26,30)(H,28,29)/t23-/m1/s1. The molecule has 1 atom stereocenters. The van der Waals surface area contributed by atoms with E-state index in [1.807, 2.05) is 48.5 Å². The number of amides is 1. The molecule has 0 heterocycles. The second-order valence-corrected chi connectivity index (χ2v) is 7.42. The van der Waals surface area contributed by atoms with E-state index in [1.165, 1.54) is 0 Å². The van der Waals surface area contributed by atoms with E-state index < -0.39 is 18.1 Å². The molecule has 6 nitrogen and oxygen atoms in total. The van der Waals surface area contributed by atoms with Gasteiger partial charge in [-0.15, -0.1) is 0 Å². The van der Waals surface area contributed by atoms with Gasteiger partial charge in [0.15, 0.2) is 0 Å². The topological polar surface area (TPSA) is 92.7 Å². The SMILES string of the molecule is O=Cc1ccc(C[C@@H](NC(=O)OCC2c3ccccc3-c3ccccc32)C(=O)O)cc1. The number of carbonyl (C=O) groups is 3. The molecule has 1 aliphatic carbocycles. The van der Waals surface area contributed by atoms with Crippen LogP contribution in [0.1, 0.15) is 33.0 Å². The maximum atomic E-state index is 12.4. The zero-order valence-corrected chi connectivity index (χ0v) is 16.7. The summed E-state index contributed by atoms with van der Waals surface area (Å²) in [5, 5.41) is 11.9. The molecule has 156 valence electrons.